The fourth-order valence-corrected chi connectivity index (χ4v) is 5.07. The molecule has 2 aliphatic heterocycles. The zero-order valence-electron chi connectivity index (χ0n) is 19.4. The summed E-state index contributed by atoms with van der Waals surface area (Å²) < 4.78 is 18.9. The molecule has 2 aromatic carbocycles. The number of aliphatic hydroxyl groups excluding tert-OH is 1. The predicted molar refractivity (Wildman–Crippen MR) is 135 cm³/mol. The maximum Gasteiger partial charge on any atom is 0.296 e. The summed E-state index contributed by atoms with van der Waals surface area (Å²) in [7, 11) is 0. The summed E-state index contributed by atoms with van der Waals surface area (Å²) in [6.07, 6.45) is 1.48. The molecule has 0 spiro atoms. The van der Waals surface area contributed by atoms with Gasteiger partial charge in [0.25, 0.3) is 6.01 Å². The van der Waals surface area contributed by atoms with E-state index in [1.807, 2.05) is 48.5 Å². The second kappa shape index (κ2) is 8.93. The first-order valence-electron chi connectivity index (χ1n) is 11.8. The molecule has 186 valence electrons. The Kier molecular flexibility index (Phi) is 5.40. The third-order valence-electron chi connectivity index (χ3n) is 6.69. The van der Waals surface area contributed by atoms with E-state index in [-0.39, 0.29) is 24.9 Å². The zero-order chi connectivity index (χ0) is 24.9. The van der Waals surface area contributed by atoms with Gasteiger partial charge in [0.2, 0.25) is 0 Å². The minimum atomic E-state index is -0.636. The summed E-state index contributed by atoms with van der Waals surface area (Å²) in [5.74, 6) is 0. The average molecular weight is 517 g/mol. The molecule has 37 heavy (non-hydrogen) atoms. The van der Waals surface area contributed by atoms with Crippen LogP contribution in [0.4, 0.5) is 0 Å². The highest BCUT2D eigenvalue weighted by molar-refractivity contribution is 6.33. The highest BCUT2D eigenvalue weighted by Crippen LogP contribution is 2.33. The number of rotatable bonds is 5. The first-order valence-corrected chi connectivity index (χ1v) is 12.2. The lowest BCUT2D eigenvalue weighted by Crippen LogP contribution is -2.34. The summed E-state index contributed by atoms with van der Waals surface area (Å²) in [5, 5.41) is 14.6. The topological polar surface area (TPSA) is 120 Å². The molecule has 5 aromatic rings. The van der Waals surface area contributed by atoms with Crippen molar-refractivity contribution in [1.29, 1.82) is 0 Å². The van der Waals surface area contributed by atoms with Gasteiger partial charge in [-0.25, -0.2) is 14.6 Å². The molecule has 10 nitrogen and oxygen atoms in total. The van der Waals surface area contributed by atoms with Crippen LogP contribution in [0.3, 0.4) is 0 Å². The second-order valence-electron chi connectivity index (χ2n) is 9.02. The number of halogens is 1. The number of aromatic amines is 1. The van der Waals surface area contributed by atoms with Gasteiger partial charge in [0.15, 0.2) is 11.8 Å². The van der Waals surface area contributed by atoms with Gasteiger partial charge in [0, 0.05) is 5.56 Å². The third kappa shape index (κ3) is 4.04. The van der Waals surface area contributed by atoms with Gasteiger partial charge in [0.1, 0.15) is 31.0 Å². The molecule has 0 aliphatic carbocycles. The first kappa shape index (κ1) is 22.4. The van der Waals surface area contributed by atoms with Gasteiger partial charge >= 0.3 is 0 Å². The number of imidazole rings is 1. The van der Waals surface area contributed by atoms with Crippen LogP contribution in [0.15, 0.2) is 67.3 Å². The molecule has 0 amide bonds. The Morgan fingerprint density at radius 1 is 0.946 bits per heavy atom. The number of benzene rings is 2. The van der Waals surface area contributed by atoms with Crippen molar-refractivity contribution in [3.05, 3.63) is 72.3 Å². The third-order valence-corrected chi connectivity index (χ3v) is 6.98. The molecule has 5 heterocycles. The molecule has 7 rings (SSSR count). The fourth-order valence-electron chi connectivity index (χ4n) is 4.81. The van der Waals surface area contributed by atoms with Gasteiger partial charge in [-0.15, -0.1) is 0 Å². The van der Waals surface area contributed by atoms with Crippen LogP contribution in [0.25, 0.3) is 39.2 Å². The summed E-state index contributed by atoms with van der Waals surface area (Å²) in [5.41, 5.74) is 5.75. The largest absolute Gasteiger partial charge is 0.456 e. The second-order valence-corrected chi connectivity index (χ2v) is 9.42. The van der Waals surface area contributed by atoms with Gasteiger partial charge in [0.05, 0.1) is 35.1 Å². The molecule has 3 aromatic heterocycles. The maximum atomic E-state index is 9.94. The summed E-state index contributed by atoms with van der Waals surface area (Å²) >= 11 is 6.60. The number of nitrogens with one attached hydrogen (secondary N) is 1. The van der Waals surface area contributed by atoms with Gasteiger partial charge in [-0.05, 0) is 29.3 Å². The molecule has 0 bridgehead atoms. The van der Waals surface area contributed by atoms with Crippen LogP contribution in [-0.4, -0.2) is 72.5 Å². The van der Waals surface area contributed by atoms with E-state index in [4.69, 9.17) is 25.8 Å². The van der Waals surface area contributed by atoms with Crippen LogP contribution in [0.2, 0.25) is 5.02 Å². The van der Waals surface area contributed by atoms with E-state index in [1.54, 1.807) is 17.1 Å². The quantitative estimate of drug-likeness (QED) is 0.364. The van der Waals surface area contributed by atoms with Gasteiger partial charge < -0.3 is 24.3 Å². The van der Waals surface area contributed by atoms with Crippen LogP contribution in [0.1, 0.15) is 0 Å². The average Bonchev–Trinajstić information content (AvgIpc) is 3.71. The highest BCUT2D eigenvalue weighted by atomic mass is 35.5. The monoisotopic (exact) mass is 516 g/mol. The van der Waals surface area contributed by atoms with Crippen molar-refractivity contribution in [2.24, 2.45) is 0 Å². The molecule has 0 radical (unpaired) electrons. The molecule has 0 saturated carbocycles. The van der Waals surface area contributed by atoms with Crippen molar-refractivity contribution in [2.45, 2.75) is 24.4 Å². The number of pyridine rings is 1. The molecule has 11 heteroatoms. The lowest BCUT2D eigenvalue weighted by Gasteiger charge is -2.15. The molecule has 1 unspecified atom stereocenters. The first-order chi connectivity index (χ1) is 18.1. The Morgan fingerprint density at radius 2 is 1.68 bits per heavy atom. The molecule has 2 fully saturated rings. The smallest absolute Gasteiger partial charge is 0.296 e. The Bertz CT molecular complexity index is 1560. The number of hydrogen-bond donors (Lipinski definition) is 2. The van der Waals surface area contributed by atoms with Crippen molar-refractivity contribution in [1.82, 2.24) is 29.7 Å². The minimum absolute atomic E-state index is 0.239. The lowest BCUT2D eigenvalue weighted by atomic mass is 10.0. The highest BCUT2D eigenvalue weighted by Gasteiger charge is 2.48. The van der Waals surface area contributed by atoms with E-state index in [9.17, 15) is 5.11 Å². The zero-order valence-corrected chi connectivity index (χ0v) is 20.1. The number of H-pyrrole nitrogens is 1. The van der Waals surface area contributed by atoms with Gasteiger partial charge in [-0.1, -0.05) is 48.0 Å². The molecule has 2 aliphatic rings. The van der Waals surface area contributed by atoms with Crippen molar-refractivity contribution >= 4 is 22.8 Å². The summed E-state index contributed by atoms with van der Waals surface area (Å²) in [6.45, 7) is 0.557. The van der Waals surface area contributed by atoms with Crippen LogP contribution in [0.5, 0.6) is 6.01 Å². The Balaban J connectivity index is 1.11. The number of fused-ring (bicyclic) bond motifs is 2. The van der Waals surface area contributed by atoms with Gasteiger partial charge in [-0.2, -0.15) is 10.1 Å². The Morgan fingerprint density at radius 3 is 2.43 bits per heavy atom. The van der Waals surface area contributed by atoms with Crippen LogP contribution >= 0.6 is 11.6 Å². The van der Waals surface area contributed by atoms with Crippen LogP contribution in [-0.2, 0) is 9.47 Å². The summed E-state index contributed by atoms with van der Waals surface area (Å²) in [4.78, 5) is 16.3. The number of aliphatic hydroxyl groups is 1. The fraction of sp³-hybridized carbons (Fsp3) is 0.231. The SMILES string of the molecule is O[C@@H]1COC2[C@H](Oc3nc4nc(-c5ccc(-c6ccc(-n7cncn7)cc6)cc5)c(Cl)cc4[nH]3)CO[C@@H]21. The number of hydrogen-bond acceptors (Lipinski definition) is 8. The van der Waals surface area contributed by atoms with E-state index in [0.717, 1.165) is 22.4 Å². The number of ether oxygens (including phenoxy) is 3. The standard InChI is InChI=1S/C26H21ClN6O4/c27-18-9-19-25(32-26(30-19)37-21-11-36-23-20(34)10-35-24(21)23)31-22(18)16-3-1-14(2-4-16)15-5-7-17(8-6-15)33-13-28-12-29-33/h1-9,12-13,20-21,23-24,34H,10-11H2,(H,30,31,32)/t20-,21-,23-,24?/m1/s1. The lowest BCUT2D eigenvalue weighted by molar-refractivity contribution is 0.00706. The van der Waals surface area contributed by atoms with Crippen molar-refractivity contribution in [2.75, 3.05) is 13.2 Å². The van der Waals surface area contributed by atoms with E-state index in [2.05, 4.69) is 25.0 Å². The van der Waals surface area contributed by atoms with Crippen molar-refractivity contribution in [3.8, 4) is 34.1 Å². The summed E-state index contributed by atoms with van der Waals surface area (Å²) in [6, 6.07) is 18.2. The van der Waals surface area contributed by atoms with Crippen molar-refractivity contribution < 1.29 is 19.3 Å². The Hall–Kier alpha value is -3.83. The van der Waals surface area contributed by atoms with E-state index in [1.165, 1.54) is 6.33 Å². The normalized spacial score (nSPS) is 23.0. The van der Waals surface area contributed by atoms with Gasteiger partial charge in [-0.3, -0.25) is 0 Å². The van der Waals surface area contributed by atoms with Crippen LogP contribution in [0, 0.1) is 0 Å². The number of aromatic nitrogens is 6. The van der Waals surface area contributed by atoms with E-state index >= 15 is 0 Å². The predicted octanol–water partition coefficient (Wildman–Crippen LogP) is 3.43. The molecular formula is C26H21ClN6O4. The number of nitrogens with zero attached hydrogens (tertiary/aromatic N) is 5. The minimum Gasteiger partial charge on any atom is -0.456 e. The maximum absolute atomic E-state index is 9.94. The molecular weight excluding hydrogens is 496 g/mol. The Labute approximate surface area is 215 Å². The van der Waals surface area contributed by atoms with Crippen molar-refractivity contribution in [3.63, 3.8) is 0 Å². The van der Waals surface area contributed by atoms with E-state index < -0.39 is 6.10 Å². The molecule has 2 N–H and O–H groups in total. The van der Waals surface area contributed by atoms with Crippen LogP contribution < -0.4 is 4.74 Å². The molecule has 4 atom stereocenters. The molecule has 2 saturated heterocycles. The van der Waals surface area contributed by atoms with E-state index in [0.29, 0.717) is 34.5 Å².